The fourth-order valence-electron chi connectivity index (χ4n) is 1.44. The van der Waals surface area contributed by atoms with Crippen molar-refractivity contribution in [2.75, 3.05) is 7.05 Å². The van der Waals surface area contributed by atoms with E-state index in [9.17, 15) is 4.79 Å². The van der Waals surface area contributed by atoms with Crippen LogP contribution in [0.2, 0.25) is 0 Å². The van der Waals surface area contributed by atoms with E-state index in [1.165, 1.54) is 0 Å². The van der Waals surface area contributed by atoms with Gasteiger partial charge >= 0.3 is 0 Å². The molecule has 88 valence electrons. The van der Waals surface area contributed by atoms with Crippen molar-refractivity contribution in [3.8, 4) is 0 Å². The van der Waals surface area contributed by atoms with E-state index < -0.39 is 0 Å². The van der Waals surface area contributed by atoms with Crippen LogP contribution in [0.5, 0.6) is 0 Å². The van der Waals surface area contributed by atoms with Crippen LogP contribution in [-0.2, 0) is 11.3 Å². The van der Waals surface area contributed by atoms with Gasteiger partial charge in [0.2, 0.25) is 5.91 Å². The lowest BCUT2D eigenvalue weighted by Gasteiger charge is -2.15. The lowest BCUT2D eigenvalue weighted by Crippen LogP contribution is -2.27. The monoisotopic (exact) mass is 222 g/mol. The Morgan fingerprint density at radius 1 is 1.56 bits per heavy atom. The fraction of sp³-hybridized carbons (Fsp3) is 0.545. The molecule has 1 aromatic heterocycles. The van der Waals surface area contributed by atoms with E-state index in [-0.39, 0.29) is 5.91 Å². The Kier molecular flexibility index (Phi) is 4.22. The molecule has 5 heteroatoms. The first-order chi connectivity index (χ1) is 7.54. The minimum Gasteiger partial charge on any atom is -0.334 e. The smallest absolute Gasteiger partial charge is 0.249 e. The van der Waals surface area contributed by atoms with Gasteiger partial charge in [-0.3, -0.25) is 9.89 Å². The van der Waals surface area contributed by atoms with E-state index in [4.69, 9.17) is 0 Å². The highest BCUT2D eigenvalue weighted by Gasteiger charge is 2.12. The highest BCUT2D eigenvalue weighted by molar-refractivity contribution is 5.92. The van der Waals surface area contributed by atoms with Crippen molar-refractivity contribution in [2.24, 2.45) is 0 Å². The Morgan fingerprint density at radius 2 is 2.25 bits per heavy atom. The third-order valence-electron chi connectivity index (χ3n) is 2.22. The summed E-state index contributed by atoms with van der Waals surface area (Å²) < 4.78 is 0. The van der Waals surface area contributed by atoms with Gasteiger partial charge in [0.25, 0.3) is 0 Å². The van der Waals surface area contributed by atoms with Gasteiger partial charge in [-0.15, -0.1) is 0 Å². The van der Waals surface area contributed by atoms with Crippen molar-refractivity contribution in [3.05, 3.63) is 23.3 Å². The third kappa shape index (κ3) is 3.18. The molecule has 0 saturated carbocycles. The summed E-state index contributed by atoms with van der Waals surface area (Å²) in [5.41, 5.74) is 0.761. The van der Waals surface area contributed by atoms with Crippen LogP contribution in [0.3, 0.4) is 0 Å². The Bertz CT molecular complexity index is 394. The summed E-state index contributed by atoms with van der Waals surface area (Å²) in [5.74, 6) is 1.42. The summed E-state index contributed by atoms with van der Waals surface area (Å²) in [6, 6.07) is 0. The van der Waals surface area contributed by atoms with Gasteiger partial charge in [0.05, 0.1) is 6.54 Å². The van der Waals surface area contributed by atoms with E-state index >= 15 is 0 Å². The lowest BCUT2D eigenvalue weighted by molar-refractivity contribution is -0.126. The number of hydrogen-bond donors (Lipinski definition) is 1. The van der Waals surface area contributed by atoms with E-state index in [0.717, 1.165) is 17.8 Å². The highest BCUT2D eigenvalue weighted by Crippen LogP contribution is 2.04. The van der Waals surface area contributed by atoms with Crippen molar-refractivity contribution in [1.82, 2.24) is 20.1 Å². The molecule has 0 aliphatic rings. The van der Waals surface area contributed by atoms with Gasteiger partial charge < -0.3 is 4.90 Å². The topological polar surface area (TPSA) is 61.9 Å². The Labute approximate surface area is 95.6 Å². The molecule has 1 amide bonds. The quantitative estimate of drug-likeness (QED) is 0.784. The van der Waals surface area contributed by atoms with E-state index in [0.29, 0.717) is 12.4 Å². The SMILES string of the molecule is CCC=C(C)C(=O)N(C)Cc1n[nH]c(C)n1. The summed E-state index contributed by atoms with van der Waals surface area (Å²) in [5, 5.41) is 6.75. The van der Waals surface area contributed by atoms with Crippen molar-refractivity contribution in [1.29, 1.82) is 0 Å². The molecule has 1 heterocycles. The van der Waals surface area contributed by atoms with Crippen LogP contribution in [-0.4, -0.2) is 33.0 Å². The number of H-pyrrole nitrogens is 1. The molecule has 5 nitrogen and oxygen atoms in total. The average molecular weight is 222 g/mol. The fourth-order valence-corrected chi connectivity index (χ4v) is 1.44. The maximum atomic E-state index is 11.8. The molecule has 0 aliphatic carbocycles. The van der Waals surface area contributed by atoms with Crippen molar-refractivity contribution in [3.63, 3.8) is 0 Å². The van der Waals surface area contributed by atoms with Crippen LogP contribution in [0.4, 0.5) is 0 Å². The van der Waals surface area contributed by atoms with Gasteiger partial charge in [-0.05, 0) is 20.3 Å². The molecule has 1 N–H and O–H groups in total. The molecule has 0 unspecified atom stereocenters. The molecule has 16 heavy (non-hydrogen) atoms. The van der Waals surface area contributed by atoms with Crippen molar-refractivity contribution < 1.29 is 4.79 Å². The zero-order valence-corrected chi connectivity index (χ0v) is 10.2. The Morgan fingerprint density at radius 3 is 2.75 bits per heavy atom. The van der Waals surface area contributed by atoms with Gasteiger partial charge in [0, 0.05) is 12.6 Å². The molecule has 0 aliphatic heterocycles. The lowest BCUT2D eigenvalue weighted by atomic mass is 10.2. The molecule has 0 saturated heterocycles. The highest BCUT2D eigenvalue weighted by atomic mass is 16.2. The summed E-state index contributed by atoms with van der Waals surface area (Å²) >= 11 is 0. The van der Waals surface area contributed by atoms with E-state index in [1.54, 1.807) is 11.9 Å². The van der Waals surface area contributed by atoms with Crippen LogP contribution in [0.15, 0.2) is 11.6 Å². The molecule has 1 aromatic rings. The number of aromatic nitrogens is 3. The number of amides is 1. The number of allylic oxidation sites excluding steroid dienone is 1. The van der Waals surface area contributed by atoms with Gasteiger partial charge in [0.1, 0.15) is 5.82 Å². The standard InChI is InChI=1S/C11H18N4O/c1-5-6-8(2)11(16)15(4)7-10-12-9(3)13-14-10/h6H,5,7H2,1-4H3,(H,12,13,14). The zero-order chi connectivity index (χ0) is 12.1. The molecule has 0 spiro atoms. The van der Waals surface area contributed by atoms with Crippen LogP contribution in [0, 0.1) is 6.92 Å². The van der Waals surface area contributed by atoms with Gasteiger partial charge in [-0.2, -0.15) is 5.10 Å². The summed E-state index contributed by atoms with van der Waals surface area (Å²) in [4.78, 5) is 17.6. The number of nitrogens with zero attached hydrogens (tertiary/aromatic N) is 3. The normalized spacial score (nSPS) is 11.6. The number of aryl methyl sites for hydroxylation is 1. The Hall–Kier alpha value is -1.65. The second kappa shape index (κ2) is 5.44. The summed E-state index contributed by atoms with van der Waals surface area (Å²) in [6.45, 7) is 6.10. The minimum absolute atomic E-state index is 0.0179. The average Bonchev–Trinajstić information content (AvgIpc) is 2.63. The van der Waals surface area contributed by atoms with Crippen LogP contribution >= 0.6 is 0 Å². The van der Waals surface area contributed by atoms with Crippen LogP contribution in [0.25, 0.3) is 0 Å². The van der Waals surface area contributed by atoms with Gasteiger partial charge in [0.15, 0.2) is 5.82 Å². The number of carbonyl (C=O) groups is 1. The molecule has 0 fully saturated rings. The van der Waals surface area contributed by atoms with E-state index in [1.807, 2.05) is 26.8 Å². The summed E-state index contributed by atoms with van der Waals surface area (Å²) in [6.07, 6.45) is 2.78. The molecular weight excluding hydrogens is 204 g/mol. The first-order valence-corrected chi connectivity index (χ1v) is 5.34. The predicted octanol–water partition coefficient (Wildman–Crippen LogP) is 1.43. The number of likely N-dealkylation sites (N-methyl/N-ethyl adjacent to an activating group) is 1. The van der Waals surface area contributed by atoms with E-state index in [2.05, 4.69) is 15.2 Å². The first kappa shape index (κ1) is 12.4. The number of nitrogens with one attached hydrogen (secondary N) is 1. The summed E-state index contributed by atoms with van der Waals surface area (Å²) in [7, 11) is 1.75. The number of rotatable bonds is 4. The first-order valence-electron chi connectivity index (χ1n) is 5.34. The maximum absolute atomic E-state index is 11.8. The second-order valence-corrected chi connectivity index (χ2v) is 3.79. The molecule has 0 radical (unpaired) electrons. The second-order valence-electron chi connectivity index (χ2n) is 3.79. The van der Waals surface area contributed by atoms with Crippen molar-refractivity contribution in [2.45, 2.75) is 33.7 Å². The molecule has 1 rings (SSSR count). The number of hydrogen-bond acceptors (Lipinski definition) is 3. The largest absolute Gasteiger partial charge is 0.334 e. The molecule has 0 atom stereocenters. The van der Waals surface area contributed by atoms with Crippen LogP contribution in [0.1, 0.15) is 31.9 Å². The molecule has 0 bridgehead atoms. The number of carbonyl (C=O) groups excluding carboxylic acids is 1. The van der Waals surface area contributed by atoms with Gasteiger partial charge in [-0.1, -0.05) is 13.0 Å². The van der Waals surface area contributed by atoms with Crippen LogP contribution < -0.4 is 0 Å². The van der Waals surface area contributed by atoms with Gasteiger partial charge in [-0.25, -0.2) is 4.98 Å². The zero-order valence-electron chi connectivity index (χ0n) is 10.2. The predicted molar refractivity (Wildman–Crippen MR) is 61.6 cm³/mol. The maximum Gasteiger partial charge on any atom is 0.249 e. The van der Waals surface area contributed by atoms with Crippen molar-refractivity contribution >= 4 is 5.91 Å². The minimum atomic E-state index is 0.0179. The molecule has 0 aromatic carbocycles. The Balaban J connectivity index is 2.62. The number of aromatic amines is 1. The third-order valence-corrected chi connectivity index (χ3v) is 2.22. The molecular formula is C11H18N4O.